The summed E-state index contributed by atoms with van der Waals surface area (Å²) in [5.41, 5.74) is -0.447. The summed E-state index contributed by atoms with van der Waals surface area (Å²) in [5.74, 6) is -0.925. The molecule has 64 valence electrons. The SMILES string of the molecule is O=[N+]([O-])c1cnc(Cl)c(F)c1Br. The molecule has 4 nitrogen and oxygen atoms in total. The summed E-state index contributed by atoms with van der Waals surface area (Å²) in [5, 5.41) is 9.82. The summed E-state index contributed by atoms with van der Waals surface area (Å²) in [4.78, 5) is 12.7. The molecule has 0 aliphatic heterocycles. The fraction of sp³-hybridized carbons (Fsp3) is 0. The number of nitro groups is 1. The zero-order valence-electron chi connectivity index (χ0n) is 5.42. The predicted molar refractivity (Wildman–Crippen MR) is 43.6 cm³/mol. The van der Waals surface area contributed by atoms with E-state index in [2.05, 4.69) is 20.9 Å². The first kappa shape index (κ1) is 9.34. The van der Waals surface area contributed by atoms with Gasteiger partial charge in [0.05, 0.1) is 4.92 Å². The van der Waals surface area contributed by atoms with Gasteiger partial charge in [-0.05, 0) is 15.9 Å². The quantitative estimate of drug-likeness (QED) is 0.440. The van der Waals surface area contributed by atoms with Crippen LogP contribution in [0.4, 0.5) is 10.1 Å². The lowest BCUT2D eigenvalue weighted by atomic mass is 10.4. The molecule has 0 atom stereocenters. The zero-order chi connectivity index (χ0) is 9.30. The van der Waals surface area contributed by atoms with Crippen LogP contribution in [-0.2, 0) is 0 Å². The first-order valence-electron chi connectivity index (χ1n) is 2.68. The van der Waals surface area contributed by atoms with Crippen LogP contribution in [0.25, 0.3) is 0 Å². The highest BCUT2D eigenvalue weighted by Gasteiger charge is 2.18. The molecule has 0 aliphatic rings. The molecular weight excluding hydrogens is 254 g/mol. The molecule has 0 unspecified atom stereocenters. The summed E-state index contributed by atoms with van der Waals surface area (Å²) >= 11 is 7.94. The smallest absolute Gasteiger partial charge is 0.258 e. The van der Waals surface area contributed by atoms with Crippen molar-refractivity contribution in [3.8, 4) is 0 Å². The lowest BCUT2D eigenvalue weighted by Gasteiger charge is -1.96. The van der Waals surface area contributed by atoms with Crippen LogP contribution >= 0.6 is 27.5 Å². The number of rotatable bonds is 1. The molecule has 0 fully saturated rings. The number of pyridine rings is 1. The van der Waals surface area contributed by atoms with E-state index in [4.69, 9.17) is 11.6 Å². The summed E-state index contributed by atoms with van der Waals surface area (Å²) in [6, 6.07) is 0. The van der Waals surface area contributed by atoms with Gasteiger partial charge in [-0.15, -0.1) is 0 Å². The van der Waals surface area contributed by atoms with Gasteiger partial charge in [0.15, 0.2) is 11.0 Å². The van der Waals surface area contributed by atoms with Crippen molar-refractivity contribution < 1.29 is 9.31 Å². The number of halogens is 3. The van der Waals surface area contributed by atoms with Gasteiger partial charge in [-0.25, -0.2) is 9.37 Å². The number of nitrogens with zero attached hydrogens (tertiary/aromatic N) is 2. The minimum Gasteiger partial charge on any atom is -0.258 e. The first-order chi connectivity index (χ1) is 5.54. The van der Waals surface area contributed by atoms with Crippen molar-refractivity contribution in [1.29, 1.82) is 0 Å². The van der Waals surface area contributed by atoms with Crippen LogP contribution in [0.1, 0.15) is 0 Å². The van der Waals surface area contributed by atoms with Crippen molar-refractivity contribution in [3.63, 3.8) is 0 Å². The Hall–Kier alpha value is -0.750. The van der Waals surface area contributed by atoms with E-state index in [1.54, 1.807) is 0 Å². The summed E-state index contributed by atoms with van der Waals surface area (Å²) < 4.78 is 12.5. The van der Waals surface area contributed by atoms with Crippen LogP contribution < -0.4 is 0 Å². The first-order valence-corrected chi connectivity index (χ1v) is 3.85. The topological polar surface area (TPSA) is 56.0 Å². The highest BCUT2D eigenvalue weighted by atomic mass is 79.9. The van der Waals surface area contributed by atoms with E-state index in [-0.39, 0.29) is 4.47 Å². The van der Waals surface area contributed by atoms with Gasteiger partial charge in [-0.3, -0.25) is 10.1 Å². The molecule has 0 aromatic carbocycles. The van der Waals surface area contributed by atoms with Crippen molar-refractivity contribution >= 4 is 33.2 Å². The van der Waals surface area contributed by atoms with Crippen LogP contribution in [-0.4, -0.2) is 9.91 Å². The fourth-order valence-electron chi connectivity index (χ4n) is 0.561. The van der Waals surface area contributed by atoms with Crippen LogP contribution in [0, 0.1) is 15.9 Å². The van der Waals surface area contributed by atoms with E-state index in [1.165, 1.54) is 0 Å². The summed E-state index contributed by atoms with van der Waals surface area (Å²) in [6.07, 6.45) is 0.884. The Balaban J connectivity index is 3.36. The van der Waals surface area contributed by atoms with Crippen LogP contribution in [0.5, 0.6) is 0 Å². The average Bonchev–Trinajstić information content (AvgIpc) is 2.00. The third-order valence-corrected chi connectivity index (χ3v) is 2.11. The Labute approximate surface area is 79.6 Å². The van der Waals surface area contributed by atoms with E-state index in [0.717, 1.165) is 6.20 Å². The average molecular weight is 255 g/mol. The lowest BCUT2D eigenvalue weighted by molar-refractivity contribution is -0.386. The van der Waals surface area contributed by atoms with E-state index < -0.39 is 21.6 Å². The van der Waals surface area contributed by atoms with Gasteiger partial charge in [0.25, 0.3) is 0 Å². The molecule has 0 saturated carbocycles. The molecule has 0 aliphatic carbocycles. The second-order valence-electron chi connectivity index (χ2n) is 1.82. The molecule has 0 N–H and O–H groups in total. The van der Waals surface area contributed by atoms with E-state index in [0.29, 0.717) is 0 Å². The van der Waals surface area contributed by atoms with E-state index in [1.807, 2.05) is 0 Å². The Morgan fingerprint density at radius 1 is 1.75 bits per heavy atom. The van der Waals surface area contributed by atoms with E-state index >= 15 is 0 Å². The maximum Gasteiger partial charge on any atom is 0.304 e. The molecule has 1 rings (SSSR count). The van der Waals surface area contributed by atoms with Crippen molar-refractivity contribution in [2.24, 2.45) is 0 Å². The molecule has 7 heteroatoms. The van der Waals surface area contributed by atoms with Gasteiger partial charge >= 0.3 is 5.69 Å². The third-order valence-electron chi connectivity index (χ3n) is 1.10. The predicted octanol–water partition coefficient (Wildman–Crippen LogP) is 2.54. The Bertz CT molecular complexity index is 346. The molecule has 0 radical (unpaired) electrons. The Morgan fingerprint density at radius 2 is 2.33 bits per heavy atom. The van der Waals surface area contributed by atoms with Crippen LogP contribution in [0.2, 0.25) is 5.15 Å². The molecule has 1 aromatic heterocycles. The minimum atomic E-state index is -0.925. The number of hydrogen-bond donors (Lipinski definition) is 0. The van der Waals surface area contributed by atoms with Gasteiger partial charge in [-0.1, -0.05) is 11.6 Å². The molecule has 0 spiro atoms. The molecule has 0 bridgehead atoms. The lowest BCUT2D eigenvalue weighted by Crippen LogP contribution is -1.94. The van der Waals surface area contributed by atoms with Crippen molar-refractivity contribution in [2.45, 2.75) is 0 Å². The van der Waals surface area contributed by atoms with Gasteiger partial charge in [-0.2, -0.15) is 0 Å². The standard InChI is InChI=1S/C5HBrClFN2O2/c6-3-2(10(11)12)1-9-5(7)4(3)8/h1H. The number of aromatic nitrogens is 1. The third kappa shape index (κ3) is 1.54. The Kier molecular flexibility index (Phi) is 2.58. The highest BCUT2D eigenvalue weighted by molar-refractivity contribution is 9.10. The maximum absolute atomic E-state index is 12.8. The van der Waals surface area contributed by atoms with Crippen molar-refractivity contribution in [3.05, 3.63) is 31.8 Å². The second-order valence-corrected chi connectivity index (χ2v) is 2.97. The van der Waals surface area contributed by atoms with E-state index in [9.17, 15) is 14.5 Å². The van der Waals surface area contributed by atoms with Crippen molar-refractivity contribution in [1.82, 2.24) is 4.98 Å². The molecule has 1 heterocycles. The fourth-order valence-corrected chi connectivity index (χ4v) is 1.25. The molecule has 12 heavy (non-hydrogen) atoms. The summed E-state index contributed by atoms with van der Waals surface area (Å²) in [6.45, 7) is 0. The van der Waals surface area contributed by atoms with Gasteiger partial charge in [0.1, 0.15) is 10.7 Å². The largest absolute Gasteiger partial charge is 0.304 e. The molecular formula is C5HBrClFN2O2. The molecule has 0 amide bonds. The van der Waals surface area contributed by atoms with Crippen molar-refractivity contribution in [2.75, 3.05) is 0 Å². The molecule has 1 aromatic rings. The maximum atomic E-state index is 12.8. The highest BCUT2D eigenvalue weighted by Crippen LogP contribution is 2.29. The zero-order valence-corrected chi connectivity index (χ0v) is 7.76. The second kappa shape index (κ2) is 3.32. The Morgan fingerprint density at radius 3 is 2.83 bits per heavy atom. The normalized spacial score (nSPS) is 9.92. The molecule has 0 saturated heterocycles. The minimum absolute atomic E-state index is 0.285. The summed E-state index contributed by atoms with van der Waals surface area (Å²) in [7, 11) is 0. The van der Waals surface area contributed by atoms with Crippen LogP contribution in [0.3, 0.4) is 0 Å². The number of hydrogen-bond acceptors (Lipinski definition) is 3. The van der Waals surface area contributed by atoms with Gasteiger partial charge in [0, 0.05) is 0 Å². The van der Waals surface area contributed by atoms with Gasteiger partial charge in [0.2, 0.25) is 0 Å². The van der Waals surface area contributed by atoms with Gasteiger partial charge < -0.3 is 0 Å². The monoisotopic (exact) mass is 254 g/mol. The van der Waals surface area contributed by atoms with Crippen LogP contribution in [0.15, 0.2) is 10.7 Å².